The second-order valence-corrected chi connectivity index (χ2v) is 3.15. The molecule has 1 aromatic carbocycles. The van der Waals surface area contributed by atoms with E-state index in [1.54, 1.807) is 0 Å². The average molecular weight is 188 g/mol. The minimum absolute atomic E-state index is 0.0166. The third kappa shape index (κ3) is 2.40. The molecule has 0 saturated carbocycles. The highest BCUT2D eigenvalue weighted by atomic mass is 35.5. The molecule has 0 aliphatic rings. The van der Waals surface area contributed by atoms with Crippen molar-refractivity contribution in [3.05, 3.63) is 34.9 Å². The molecule has 0 aliphatic carbocycles. The molecule has 1 aromatic rings. The highest BCUT2D eigenvalue weighted by Crippen LogP contribution is 2.16. The molecule has 60 valence electrons. The van der Waals surface area contributed by atoms with Gasteiger partial charge in [0.05, 0.1) is 0 Å². The molecule has 1 rings (SSSR count). The summed E-state index contributed by atoms with van der Waals surface area (Å²) in [6.07, 6.45) is 0. The SMILES string of the molecule is NC(CS)c1cccc(Cl)c1. The van der Waals surface area contributed by atoms with Crippen LogP contribution < -0.4 is 5.73 Å². The molecule has 0 amide bonds. The molecule has 0 saturated heterocycles. The summed E-state index contributed by atoms with van der Waals surface area (Å²) >= 11 is 9.86. The van der Waals surface area contributed by atoms with Gasteiger partial charge < -0.3 is 5.73 Å². The molecular weight excluding hydrogens is 178 g/mol. The Labute approximate surface area is 77.0 Å². The van der Waals surface area contributed by atoms with Crippen molar-refractivity contribution < 1.29 is 0 Å². The second-order valence-electron chi connectivity index (χ2n) is 2.34. The van der Waals surface area contributed by atoms with E-state index in [9.17, 15) is 0 Å². The lowest BCUT2D eigenvalue weighted by Crippen LogP contribution is -2.11. The van der Waals surface area contributed by atoms with Crippen LogP contribution in [0.2, 0.25) is 5.02 Å². The molecule has 0 heterocycles. The van der Waals surface area contributed by atoms with E-state index in [0.29, 0.717) is 5.75 Å². The van der Waals surface area contributed by atoms with Crippen molar-refractivity contribution in [3.8, 4) is 0 Å². The van der Waals surface area contributed by atoms with Crippen LogP contribution in [0, 0.1) is 0 Å². The predicted molar refractivity (Wildman–Crippen MR) is 52.2 cm³/mol. The Morgan fingerprint density at radius 1 is 1.55 bits per heavy atom. The summed E-state index contributed by atoms with van der Waals surface area (Å²) in [7, 11) is 0. The summed E-state index contributed by atoms with van der Waals surface area (Å²) in [6.45, 7) is 0. The number of hydrogen-bond donors (Lipinski definition) is 2. The lowest BCUT2D eigenvalue weighted by atomic mass is 10.1. The van der Waals surface area contributed by atoms with Crippen LogP contribution in [-0.2, 0) is 0 Å². The van der Waals surface area contributed by atoms with Gasteiger partial charge in [0, 0.05) is 16.8 Å². The summed E-state index contributed by atoms with van der Waals surface area (Å²) in [5.74, 6) is 0.639. The first-order chi connectivity index (χ1) is 5.24. The standard InChI is InChI=1S/C8H10ClNS/c9-7-3-1-2-6(4-7)8(10)5-11/h1-4,8,11H,5,10H2. The summed E-state index contributed by atoms with van der Waals surface area (Å²) in [6, 6.07) is 7.52. The van der Waals surface area contributed by atoms with E-state index in [2.05, 4.69) is 12.6 Å². The van der Waals surface area contributed by atoms with Gasteiger partial charge in [-0.15, -0.1) is 0 Å². The number of thiol groups is 1. The molecule has 0 spiro atoms. The van der Waals surface area contributed by atoms with E-state index >= 15 is 0 Å². The van der Waals surface area contributed by atoms with Gasteiger partial charge >= 0.3 is 0 Å². The molecular formula is C8H10ClNS. The van der Waals surface area contributed by atoms with Crippen LogP contribution in [0.3, 0.4) is 0 Å². The van der Waals surface area contributed by atoms with Crippen LogP contribution >= 0.6 is 24.2 Å². The van der Waals surface area contributed by atoms with Gasteiger partial charge in [-0.25, -0.2) is 0 Å². The first kappa shape index (κ1) is 8.91. The van der Waals surface area contributed by atoms with Crippen molar-refractivity contribution in [2.24, 2.45) is 5.73 Å². The average Bonchev–Trinajstić information content (AvgIpc) is 2.03. The van der Waals surface area contributed by atoms with Crippen LogP contribution in [0.25, 0.3) is 0 Å². The predicted octanol–water partition coefficient (Wildman–Crippen LogP) is 2.27. The fraction of sp³-hybridized carbons (Fsp3) is 0.250. The summed E-state index contributed by atoms with van der Waals surface area (Å²) in [5.41, 5.74) is 6.76. The van der Waals surface area contributed by atoms with Gasteiger partial charge in [-0.2, -0.15) is 12.6 Å². The summed E-state index contributed by atoms with van der Waals surface area (Å²) in [5, 5.41) is 0.722. The largest absolute Gasteiger partial charge is 0.323 e. The number of rotatable bonds is 2. The highest BCUT2D eigenvalue weighted by molar-refractivity contribution is 7.80. The Morgan fingerprint density at radius 2 is 2.27 bits per heavy atom. The molecule has 0 radical (unpaired) electrons. The molecule has 0 aromatic heterocycles. The number of benzene rings is 1. The first-order valence-corrected chi connectivity index (χ1v) is 4.37. The molecule has 0 fully saturated rings. The molecule has 2 N–H and O–H groups in total. The Hall–Kier alpha value is -0.180. The van der Waals surface area contributed by atoms with Crippen molar-refractivity contribution in [2.45, 2.75) is 6.04 Å². The first-order valence-electron chi connectivity index (χ1n) is 3.36. The van der Waals surface area contributed by atoms with E-state index in [0.717, 1.165) is 10.6 Å². The molecule has 0 bridgehead atoms. The van der Waals surface area contributed by atoms with Gasteiger partial charge in [0.25, 0.3) is 0 Å². The van der Waals surface area contributed by atoms with Crippen molar-refractivity contribution >= 4 is 24.2 Å². The van der Waals surface area contributed by atoms with Crippen LogP contribution in [-0.4, -0.2) is 5.75 Å². The lowest BCUT2D eigenvalue weighted by molar-refractivity contribution is 0.834. The molecule has 1 atom stereocenters. The summed E-state index contributed by atoms with van der Waals surface area (Å²) < 4.78 is 0. The molecule has 11 heavy (non-hydrogen) atoms. The zero-order valence-electron chi connectivity index (χ0n) is 6.00. The highest BCUT2D eigenvalue weighted by Gasteiger charge is 2.02. The normalized spacial score (nSPS) is 13.0. The summed E-state index contributed by atoms with van der Waals surface area (Å²) in [4.78, 5) is 0. The van der Waals surface area contributed by atoms with E-state index in [1.807, 2.05) is 24.3 Å². The van der Waals surface area contributed by atoms with Crippen LogP contribution in [0.15, 0.2) is 24.3 Å². The molecule has 0 aliphatic heterocycles. The Balaban J connectivity index is 2.86. The van der Waals surface area contributed by atoms with E-state index in [-0.39, 0.29) is 6.04 Å². The van der Waals surface area contributed by atoms with Crippen molar-refractivity contribution in [1.29, 1.82) is 0 Å². The number of halogens is 1. The topological polar surface area (TPSA) is 26.0 Å². The third-order valence-corrected chi connectivity index (χ3v) is 2.10. The van der Waals surface area contributed by atoms with E-state index < -0.39 is 0 Å². The second kappa shape index (κ2) is 4.00. The minimum atomic E-state index is -0.0166. The minimum Gasteiger partial charge on any atom is -0.323 e. The Bertz CT molecular complexity index is 239. The van der Waals surface area contributed by atoms with Crippen LogP contribution in [0.4, 0.5) is 0 Å². The maximum absolute atomic E-state index is 5.77. The molecule has 1 unspecified atom stereocenters. The van der Waals surface area contributed by atoms with Gasteiger partial charge in [0.2, 0.25) is 0 Å². The van der Waals surface area contributed by atoms with Gasteiger partial charge in [-0.1, -0.05) is 23.7 Å². The van der Waals surface area contributed by atoms with Gasteiger partial charge in [-0.05, 0) is 17.7 Å². The van der Waals surface area contributed by atoms with Gasteiger partial charge in [-0.3, -0.25) is 0 Å². The fourth-order valence-corrected chi connectivity index (χ4v) is 1.25. The fourth-order valence-electron chi connectivity index (χ4n) is 0.843. The molecule has 1 nitrogen and oxygen atoms in total. The van der Waals surface area contributed by atoms with Crippen LogP contribution in [0.5, 0.6) is 0 Å². The van der Waals surface area contributed by atoms with Gasteiger partial charge in [0.15, 0.2) is 0 Å². The molecule has 3 heteroatoms. The monoisotopic (exact) mass is 187 g/mol. The number of hydrogen-bond acceptors (Lipinski definition) is 2. The lowest BCUT2D eigenvalue weighted by Gasteiger charge is -2.07. The van der Waals surface area contributed by atoms with E-state index in [1.165, 1.54) is 0 Å². The Kier molecular flexibility index (Phi) is 3.24. The third-order valence-electron chi connectivity index (χ3n) is 1.47. The van der Waals surface area contributed by atoms with Crippen molar-refractivity contribution in [1.82, 2.24) is 0 Å². The quantitative estimate of drug-likeness (QED) is 0.683. The van der Waals surface area contributed by atoms with Gasteiger partial charge in [0.1, 0.15) is 0 Å². The Morgan fingerprint density at radius 3 is 2.82 bits per heavy atom. The van der Waals surface area contributed by atoms with Crippen molar-refractivity contribution in [2.75, 3.05) is 5.75 Å². The maximum Gasteiger partial charge on any atom is 0.0409 e. The van der Waals surface area contributed by atoms with E-state index in [4.69, 9.17) is 17.3 Å². The maximum atomic E-state index is 5.77. The van der Waals surface area contributed by atoms with Crippen LogP contribution in [0.1, 0.15) is 11.6 Å². The smallest absolute Gasteiger partial charge is 0.0409 e. The number of nitrogens with two attached hydrogens (primary N) is 1. The zero-order chi connectivity index (χ0) is 8.27. The zero-order valence-corrected chi connectivity index (χ0v) is 7.65. The van der Waals surface area contributed by atoms with Crippen molar-refractivity contribution in [3.63, 3.8) is 0 Å².